The third-order valence-corrected chi connectivity index (χ3v) is 5.35. The van der Waals surface area contributed by atoms with E-state index in [1.807, 2.05) is 44.2 Å². The molecule has 0 aliphatic carbocycles. The smallest absolute Gasteiger partial charge is 0.249 e. The van der Waals surface area contributed by atoms with E-state index < -0.39 is 0 Å². The van der Waals surface area contributed by atoms with Gasteiger partial charge in [-0.15, -0.1) is 0 Å². The van der Waals surface area contributed by atoms with Crippen molar-refractivity contribution in [1.29, 1.82) is 0 Å². The van der Waals surface area contributed by atoms with Gasteiger partial charge in [0.25, 0.3) is 0 Å². The highest BCUT2D eigenvalue weighted by atomic mass is 16.5. The van der Waals surface area contributed by atoms with E-state index in [9.17, 15) is 4.79 Å². The summed E-state index contributed by atoms with van der Waals surface area (Å²) in [7, 11) is 4.76. The summed E-state index contributed by atoms with van der Waals surface area (Å²) in [4.78, 5) is 17.5. The van der Waals surface area contributed by atoms with E-state index in [2.05, 4.69) is 10.4 Å². The average Bonchev–Trinajstić information content (AvgIpc) is 3.21. The highest BCUT2D eigenvalue weighted by Gasteiger charge is 2.14. The number of hydrogen-bond acceptors (Lipinski definition) is 6. The van der Waals surface area contributed by atoms with Gasteiger partial charge in [0.05, 0.1) is 27.0 Å². The monoisotopic (exact) mass is 458 g/mol. The topological polar surface area (TPSA) is 87.5 Å². The van der Waals surface area contributed by atoms with E-state index in [1.165, 1.54) is 6.08 Å². The minimum Gasteiger partial charge on any atom is -0.494 e. The number of nitrogens with one attached hydrogen (secondary N) is 1. The normalized spacial score (nSPS) is 11.1. The van der Waals surface area contributed by atoms with Crippen molar-refractivity contribution in [2.75, 3.05) is 26.6 Å². The van der Waals surface area contributed by atoms with Crippen LogP contribution in [-0.2, 0) is 4.79 Å². The van der Waals surface area contributed by atoms with Gasteiger partial charge in [-0.3, -0.25) is 4.79 Å². The number of benzene rings is 2. The Labute approximate surface area is 197 Å². The first-order valence-electron chi connectivity index (χ1n) is 10.7. The highest BCUT2D eigenvalue weighted by molar-refractivity contribution is 6.01. The van der Waals surface area contributed by atoms with Crippen molar-refractivity contribution in [3.63, 3.8) is 0 Å². The summed E-state index contributed by atoms with van der Waals surface area (Å²) in [6, 6.07) is 15.0. The van der Waals surface area contributed by atoms with Crippen molar-refractivity contribution in [1.82, 2.24) is 14.8 Å². The summed E-state index contributed by atoms with van der Waals surface area (Å²) in [6.07, 6.45) is 3.16. The highest BCUT2D eigenvalue weighted by Crippen LogP contribution is 2.29. The van der Waals surface area contributed by atoms with Gasteiger partial charge in [0, 0.05) is 17.5 Å². The Kier molecular flexibility index (Phi) is 6.49. The lowest BCUT2D eigenvalue weighted by Gasteiger charge is -2.12. The molecule has 0 radical (unpaired) electrons. The number of ether oxygens (including phenoxy) is 3. The van der Waals surface area contributed by atoms with Crippen molar-refractivity contribution in [3.8, 4) is 23.1 Å². The molecule has 1 N–H and O–H groups in total. The van der Waals surface area contributed by atoms with Crippen LogP contribution in [0.2, 0.25) is 0 Å². The number of aromatic nitrogens is 3. The molecule has 0 aliphatic rings. The van der Waals surface area contributed by atoms with Crippen molar-refractivity contribution < 1.29 is 19.0 Å². The second-order valence-corrected chi connectivity index (χ2v) is 7.67. The van der Waals surface area contributed by atoms with E-state index in [4.69, 9.17) is 19.2 Å². The third-order valence-electron chi connectivity index (χ3n) is 5.35. The number of fused-ring (bicyclic) bond motifs is 1. The fourth-order valence-corrected chi connectivity index (χ4v) is 3.71. The maximum absolute atomic E-state index is 12.7. The summed E-state index contributed by atoms with van der Waals surface area (Å²) in [6.45, 7) is 3.87. The van der Waals surface area contributed by atoms with Gasteiger partial charge in [0.1, 0.15) is 17.1 Å². The van der Waals surface area contributed by atoms with Crippen LogP contribution in [0.5, 0.6) is 17.2 Å². The Morgan fingerprint density at radius 2 is 1.71 bits per heavy atom. The number of carbonyl (C=O) groups is 1. The van der Waals surface area contributed by atoms with Gasteiger partial charge in [-0.05, 0) is 55.3 Å². The van der Waals surface area contributed by atoms with Gasteiger partial charge in [0.15, 0.2) is 17.3 Å². The first-order valence-corrected chi connectivity index (χ1v) is 10.7. The first-order chi connectivity index (χ1) is 16.4. The number of hydrogen-bond donors (Lipinski definition) is 1. The predicted octanol–water partition coefficient (Wildman–Crippen LogP) is 4.72. The molecule has 0 bridgehead atoms. The molecule has 0 saturated carbocycles. The SMILES string of the molecule is COc1ccc(/C=C/C(=O)Nc2cc(C)nn2-c2cc(C)c3cccc(OC)c3n2)cc1OC. The van der Waals surface area contributed by atoms with Gasteiger partial charge < -0.3 is 19.5 Å². The Morgan fingerprint density at radius 1 is 0.941 bits per heavy atom. The lowest BCUT2D eigenvalue weighted by molar-refractivity contribution is -0.111. The van der Waals surface area contributed by atoms with E-state index in [1.54, 1.807) is 50.3 Å². The third kappa shape index (κ3) is 4.56. The molecule has 4 rings (SSSR count). The van der Waals surface area contributed by atoms with Crippen LogP contribution in [0.25, 0.3) is 22.8 Å². The number of para-hydroxylation sites is 1. The van der Waals surface area contributed by atoms with Crippen molar-refractivity contribution in [2.45, 2.75) is 13.8 Å². The number of pyridine rings is 1. The number of aryl methyl sites for hydroxylation is 2. The molecule has 2 aromatic carbocycles. The zero-order valence-electron chi connectivity index (χ0n) is 19.7. The molecule has 0 fully saturated rings. The Bertz CT molecular complexity index is 1390. The zero-order chi connectivity index (χ0) is 24.2. The maximum atomic E-state index is 12.7. The molecule has 8 nitrogen and oxygen atoms in total. The number of rotatable bonds is 7. The molecule has 8 heteroatoms. The molecule has 1 amide bonds. The summed E-state index contributed by atoms with van der Waals surface area (Å²) in [5, 5.41) is 8.43. The van der Waals surface area contributed by atoms with E-state index >= 15 is 0 Å². The molecule has 0 atom stereocenters. The second-order valence-electron chi connectivity index (χ2n) is 7.67. The van der Waals surface area contributed by atoms with Crippen LogP contribution in [0.4, 0.5) is 5.82 Å². The fraction of sp³-hybridized carbons (Fsp3) is 0.192. The van der Waals surface area contributed by atoms with Crippen LogP contribution in [0.15, 0.2) is 54.6 Å². The molecular formula is C26H26N4O4. The molecule has 4 aromatic rings. The van der Waals surface area contributed by atoms with Crippen LogP contribution in [0, 0.1) is 13.8 Å². The van der Waals surface area contributed by atoms with Crippen LogP contribution in [0.3, 0.4) is 0 Å². The van der Waals surface area contributed by atoms with Crippen LogP contribution >= 0.6 is 0 Å². The summed E-state index contributed by atoms with van der Waals surface area (Å²) in [5.41, 5.74) is 3.31. The van der Waals surface area contributed by atoms with Gasteiger partial charge in [-0.2, -0.15) is 9.78 Å². The minimum atomic E-state index is -0.300. The van der Waals surface area contributed by atoms with Crippen molar-refractivity contribution in [2.24, 2.45) is 0 Å². The Balaban J connectivity index is 1.62. The van der Waals surface area contributed by atoms with Crippen LogP contribution in [0.1, 0.15) is 16.8 Å². The number of methoxy groups -OCH3 is 3. The molecule has 2 aromatic heterocycles. The van der Waals surface area contributed by atoms with Crippen LogP contribution < -0.4 is 19.5 Å². The Hall–Kier alpha value is -4.33. The van der Waals surface area contributed by atoms with E-state index in [0.717, 1.165) is 27.7 Å². The van der Waals surface area contributed by atoms with Crippen molar-refractivity contribution >= 4 is 28.7 Å². The van der Waals surface area contributed by atoms with E-state index in [-0.39, 0.29) is 5.91 Å². The molecule has 0 aliphatic heterocycles. The first kappa shape index (κ1) is 22.8. The molecular weight excluding hydrogens is 432 g/mol. The zero-order valence-corrected chi connectivity index (χ0v) is 19.7. The lowest BCUT2D eigenvalue weighted by atomic mass is 10.1. The molecule has 2 heterocycles. The molecule has 0 unspecified atom stereocenters. The number of nitrogens with zero attached hydrogens (tertiary/aromatic N) is 3. The number of amides is 1. The molecule has 34 heavy (non-hydrogen) atoms. The van der Waals surface area contributed by atoms with Gasteiger partial charge in [0.2, 0.25) is 5.91 Å². The molecule has 174 valence electrons. The van der Waals surface area contributed by atoms with Crippen molar-refractivity contribution in [3.05, 3.63) is 71.4 Å². The Morgan fingerprint density at radius 3 is 2.44 bits per heavy atom. The average molecular weight is 459 g/mol. The number of carbonyl (C=O) groups excluding carboxylic acids is 1. The summed E-state index contributed by atoms with van der Waals surface area (Å²) in [5.74, 6) is 2.69. The quantitative estimate of drug-likeness (QED) is 0.404. The fourth-order valence-electron chi connectivity index (χ4n) is 3.71. The predicted molar refractivity (Wildman–Crippen MR) is 132 cm³/mol. The van der Waals surface area contributed by atoms with E-state index in [0.29, 0.717) is 28.9 Å². The van der Waals surface area contributed by atoms with Crippen LogP contribution in [-0.4, -0.2) is 42.0 Å². The molecule has 0 saturated heterocycles. The largest absolute Gasteiger partial charge is 0.494 e. The van der Waals surface area contributed by atoms with Gasteiger partial charge >= 0.3 is 0 Å². The minimum absolute atomic E-state index is 0.300. The van der Waals surface area contributed by atoms with Gasteiger partial charge in [-0.1, -0.05) is 18.2 Å². The lowest BCUT2D eigenvalue weighted by Crippen LogP contribution is -2.13. The summed E-state index contributed by atoms with van der Waals surface area (Å²) < 4.78 is 17.7. The maximum Gasteiger partial charge on any atom is 0.249 e. The number of anilines is 1. The second kappa shape index (κ2) is 9.66. The summed E-state index contributed by atoms with van der Waals surface area (Å²) >= 11 is 0. The molecule has 0 spiro atoms. The van der Waals surface area contributed by atoms with Gasteiger partial charge in [-0.25, -0.2) is 4.98 Å². The standard InChI is InChI=1S/C26H26N4O4/c1-16-13-23(28-26-19(16)7-6-8-21(26)33-4)30-24(14-17(2)29-30)27-25(31)12-10-18-9-11-20(32-3)22(15-18)34-5/h6-15H,1-5H3,(H,27,31)/b12-10+.